The van der Waals surface area contributed by atoms with Gasteiger partial charge in [0.25, 0.3) is 0 Å². The molecule has 0 bridgehead atoms. The number of morpholine rings is 1. The van der Waals surface area contributed by atoms with E-state index in [4.69, 9.17) is 4.74 Å². The Morgan fingerprint density at radius 1 is 1.23 bits per heavy atom. The molecule has 0 aromatic carbocycles. The minimum atomic E-state index is 0.429. The summed E-state index contributed by atoms with van der Waals surface area (Å²) in [5.41, 5.74) is 0. The van der Waals surface area contributed by atoms with Crippen LogP contribution >= 0.6 is 0 Å². The summed E-state index contributed by atoms with van der Waals surface area (Å²) >= 11 is 0. The summed E-state index contributed by atoms with van der Waals surface area (Å²) in [5, 5.41) is 0. The van der Waals surface area contributed by atoms with Crippen LogP contribution in [0, 0.1) is 5.92 Å². The van der Waals surface area contributed by atoms with Crippen LogP contribution in [-0.2, 0) is 4.74 Å². The summed E-state index contributed by atoms with van der Waals surface area (Å²) in [4.78, 5) is 2.54. The predicted octanol–water partition coefficient (Wildman–Crippen LogP) is 2.14. The third kappa shape index (κ3) is 2.68. The van der Waals surface area contributed by atoms with E-state index in [0.29, 0.717) is 24.1 Å². The average molecular weight is 185 g/mol. The lowest BCUT2D eigenvalue weighted by Crippen LogP contribution is -2.52. The average Bonchev–Trinajstić information content (AvgIpc) is 2.04. The zero-order valence-electron chi connectivity index (χ0n) is 9.58. The standard InChI is InChI=1S/C11H23NO/c1-8(2)11-6-12(9(3)4)10(5)7-13-11/h8-11H,6-7H2,1-5H3. The van der Waals surface area contributed by atoms with Gasteiger partial charge in [-0.15, -0.1) is 0 Å². The van der Waals surface area contributed by atoms with E-state index in [1.165, 1.54) is 0 Å². The van der Waals surface area contributed by atoms with Gasteiger partial charge in [-0.1, -0.05) is 13.8 Å². The van der Waals surface area contributed by atoms with Crippen molar-refractivity contribution >= 4 is 0 Å². The van der Waals surface area contributed by atoms with Crippen molar-refractivity contribution in [2.24, 2.45) is 5.92 Å². The Morgan fingerprint density at radius 2 is 1.85 bits per heavy atom. The van der Waals surface area contributed by atoms with Crippen molar-refractivity contribution < 1.29 is 4.74 Å². The highest BCUT2D eigenvalue weighted by atomic mass is 16.5. The van der Waals surface area contributed by atoms with E-state index in [1.54, 1.807) is 0 Å². The molecule has 78 valence electrons. The van der Waals surface area contributed by atoms with Gasteiger partial charge in [-0.05, 0) is 26.7 Å². The highest BCUT2D eigenvalue weighted by Gasteiger charge is 2.28. The highest BCUT2D eigenvalue weighted by molar-refractivity contribution is 4.80. The first-order chi connectivity index (χ1) is 6.02. The molecular weight excluding hydrogens is 162 g/mol. The summed E-state index contributed by atoms with van der Waals surface area (Å²) in [6.07, 6.45) is 0.429. The van der Waals surface area contributed by atoms with Crippen molar-refractivity contribution in [1.29, 1.82) is 0 Å². The molecule has 2 atom stereocenters. The maximum absolute atomic E-state index is 5.79. The Morgan fingerprint density at radius 3 is 2.31 bits per heavy atom. The molecular formula is C11H23NO. The van der Waals surface area contributed by atoms with Crippen molar-refractivity contribution in [3.63, 3.8) is 0 Å². The Kier molecular flexibility index (Phi) is 3.74. The van der Waals surface area contributed by atoms with E-state index in [1.807, 2.05) is 0 Å². The SMILES string of the molecule is CC(C)C1CN(C(C)C)C(C)CO1. The summed E-state index contributed by atoms with van der Waals surface area (Å²) in [7, 11) is 0. The van der Waals surface area contributed by atoms with Crippen molar-refractivity contribution in [2.75, 3.05) is 13.2 Å². The molecule has 1 aliphatic heterocycles. The van der Waals surface area contributed by atoms with E-state index < -0.39 is 0 Å². The number of rotatable bonds is 2. The molecule has 2 nitrogen and oxygen atoms in total. The third-order valence-electron chi connectivity index (χ3n) is 2.92. The van der Waals surface area contributed by atoms with E-state index in [0.717, 1.165) is 13.2 Å². The van der Waals surface area contributed by atoms with Crippen molar-refractivity contribution in [3.05, 3.63) is 0 Å². The van der Waals surface area contributed by atoms with E-state index in [-0.39, 0.29) is 0 Å². The van der Waals surface area contributed by atoms with Crippen LogP contribution in [0.5, 0.6) is 0 Å². The van der Waals surface area contributed by atoms with E-state index in [2.05, 4.69) is 39.5 Å². The van der Waals surface area contributed by atoms with E-state index >= 15 is 0 Å². The first kappa shape index (κ1) is 11.0. The van der Waals surface area contributed by atoms with Gasteiger partial charge in [0, 0.05) is 18.6 Å². The molecule has 1 aliphatic rings. The second-order valence-electron chi connectivity index (χ2n) is 4.76. The fraction of sp³-hybridized carbons (Fsp3) is 1.00. The minimum absolute atomic E-state index is 0.429. The Labute approximate surface area is 82.3 Å². The van der Waals surface area contributed by atoms with Crippen LogP contribution in [0.1, 0.15) is 34.6 Å². The van der Waals surface area contributed by atoms with Gasteiger partial charge in [0.2, 0.25) is 0 Å². The highest BCUT2D eigenvalue weighted by Crippen LogP contribution is 2.19. The smallest absolute Gasteiger partial charge is 0.0725 e. The van der Waals surface area contributed by atoms with Crippen LogP contribution in [0.15, 0.2) is 0 Å². The summed E-state index contributed by atoms with van der Waals surface area (Å²) in [5.74, 6) is 0.633. The molecule has 0 aliphatic carbocycles. The molecule has 13 heavy (non-hydrogen) atoms. The monoisotopic (exact) mass is 185 g/mol. The lowest BCUT2D eigenvalue weighted by molar-refractivity contribution is -0.0866. The fourth-order valence-corrected chi connectivity index (χ4v) is 1.92. The molecule has 0 aromatic heterocycles. The Bertz CT molecular complexity index is 156. The van der Waals surface area contributed by atoms with Crippen LogP contribution in [0.2, 0.25) is 0 Å². The molecule has 2 unspecified atom stereocenters. The molecule has 1 fully saturated rings. The largest absolute Gasteiger partial charge is 0.375 e. The van der Waals surface area contributed by atoms with Crippen molar-refractivity contribution in [2.45, 2.75) is 52.8 Å². The van der Waals surface area contributed by atoms with Crippen molar-refractivity contribution in [1.82, 2.24) is 4.90 Å². The number of nitrogens with zero attached hydrogens (tertiary/aromatic N) is 1. The first-order valence-corrected chi connectivity index (χ1v) is 5.39. The third-order valence-corrected chi connectivity index (χ3v) is 2.92. The summed E-state index contributed by atoms with van der Waals surface area (Å²) in [6, 6.07) is 1.22. The van der Waals surface area contributed by atoms with Gasteiger partial charge in [0.15, 0.2) is 0 Å². The van der Waals surface area contributed by atoms with Gasteiger partial charge in [-0.2, -0.15) is 0 Å². The van der Waals surface area contributed by atoms with Gasteiger partial charge in [0.1, 0.15) is 0 Å². The van der Waals surface area contributed by atoms with Crippen LogP contribution in [0.3, 0.4) is 0 Å². The first-order valence-electron chi connectivity index (χ1n) is 5.39. The zero-order chi connectivity index (χ0) is 10.0. The number of hydrogen-bond donors (Lipinski definition) is 0. The van der Waals surface area contributed by atoms with E-state index in [9.17, 15) is 0 Å². The lowest BCUT2D eigenvalue weighted by Gasteiger charge is -2.41. The second-order valence-corrected chi connectivity index (χ2v) is 4.76. The fourth-order valence-electron chi connectivity index (χ4n) is 1.92. The zero-order valence-corrected chi connectivity index (χ0v) is 9.58. The molecule has 0 radical (unpaired) electrons. The molecule has 0 aromatic rings. The molecule has 1 heterocycles. The quantitative estimate of drug-likeness (QED) is 0.653. The minimum Gasteiger partial charge on any atom is -0.375 e. The van der Waals surface area contributed by atoms with Gasteiger partial charge in [-0.3, -0.25) is 4.90 Å². The van der Waals surface area contributed by atoms with Crippen molar-refractivity contribution in [3.8, 4) is 0 Å². The normalized spacial score (nSPS) is 31.6. The second kappa shape index (κ2) is 4.43. The summed E-state index contributed by atoms with van der Waals surface area (Å²) < 4.78 is 5.79. The Balaban J connectivity index is 2.53. The van der Waals surface area contributed by atoms with Gasteiger partial charge in [-0.25, -0.2) is 0 Å². The number of ether oxygens (including phenoxy) is 1. The lowest BCUT2D eigenvalue weighted by atomic mass is 10.0. The van der Waals surface area contributed by atoms with Crippen LogP contribution in [-0.4, -0.2) is 36.2 Å². The molecule has 2 heteroatoms. The Hall–Kier alpha value is -0.0800. The van der Waals surface area contributed by atoms with Crippen LogP contribution in [0.4, 0.5) is 0 Å². The molecule has 0 N–H and O–H groups in total. The molecule has 0 spiro atoms. The molecule has 1 saturated heterocycles. The van der Waals surface area contributed by atoms with Gasteiger partial charge >= 0.3 is 0 Å². The topological polar surface area (TPSA) is 12.5 Å². The van der Waals surface area contributed by atoms with Gasteiger partial charge < -0.3 is 4.74 Å². The molecule has 0 saturated carbocycles. The number of hydrogen-bond acceptors (Lipinski definition) is 2. The molecule has 1 rings (SSSR count). The summed E-state index contributed by atoms with van der Waals surface area (Å²) in [6.45, 7) is 13.2. The maximum atomic E-state index is 5.79. The van der Waals surface area contributed by atoms with Crippen LogP contribution < -0.4 is 0 Å². The maximum Gasteiger partial charge on any atom is 0.0725 e. The van der Waals surface area contributed by atoms with Gasteiger partial charge in [0.05, 0.1) is 12.7 Å². The molecule has 0 amide bonds. The van der Waals surface area contributed by atoms with Crippen LogP contribution in [0.25, 0.3) is 0 Å². The predicted molar refractivity (Wildman–Crippen MR) is 55.9 cm³/mol.